The van der Waals surface area contributed by atoms with Crippen molar-refractivity contribution < 1.29 is 13.9 Å². The third kappa shape index (κ3) is 8.23. The normalized spacial score (nSPS) is 16.3. The van der Waals surface area contributed by atoms with E-state index in [0.29, 0.717) is 19.0 Å². The van der Waals surface area contributed by atoms with Crippen LogP contribution in [0.25, 0.3) is 11.5 Å². The Kier molecular flexibility index (Phi) is 11.2. The van der Waals surface area contributed by atoms with E-state index in [4.69, 9.17) is 13.9 Å². The second-order valence-electron chi connectivity index (χ2n) is 7.20. The summed E-state index contributed by atoms with van der Waals surface area (Å²) < 4.78 is 16.9. The van der Waals surface area contributed by atoms with Crippen LogP contribution in [-0.4, -0.2) is 50.0 Å². The van der Waals surface area contributed by atoms with Gasteiger partial charge in [0.15, 0.2) is 5.96 Å². The van der Waals surface area contributed by atoms with Crippen LogP contribution < -0.4 is 10.6 Å². The Morgan fingerprint density at radius 2 is 2.10 bits per heavy atom. The van der Waals surface area contributed by atoms with Crippen molar-refractivity contribution in [1.29, 1.82) is 0 Å². The molecule has 1 unspecified atom stereocenters. The number of benzene rings is 1. The van der Waals surface area contributed by atoms with Crippen LogP contribution in [0, 0.1) is 6.92 Å². The van der Waals surface area contributed by atoms with Crippen molar-refractivity contribution >= 4 is 29.9 Å². The van der Waals surface area contributed by atoms with Gasteiger partial charge in [0.05, 0.1) is 19.3 Å². The zero-order valence-electron chi connectivity index (χ0n) is 17.9. The number of oxazole rings is 1. The van der Waals surface area contributed by atoms with Crippen molar-refractivity contribution in [3.63, 3.8) is 0 Å². The number of aliphatic imine (C=N–C) groups is 1. The molecule has 2 heterocycles. The van der Waals surface area contributed by atoms with Crippen molar-refractivity contribution in [3.05, 3.63) is 41.8 Å². The molecule has 0 amide bonds. The van der Waals surface area contributed by atoms with E-state index in [2.05, 4.69) is 39.7 Å². The van der Waals surface area contributed by atoms with Crippen LogP contribution in [0.1, 0.15) is 37.4 Å². The quantitative estimate of drug-likeness (QED) is 0.211. The summed E-state index contributed by atoms with van der Waals surface area (Å²) in [6.45, 7) is 8.45. The Hall–Kier alpha value is -1.65. The minimum atomic E-state index is 0. The van der Waals surface area contributed by atoms with Crippen molar-refractivity contribution in [2.24, 2.45) is 4.99 Å². The zero-order chi connectivity index (χ0) is 20.3. The van der Waals surface area contributed by atoms with Crippen LogP contribution in [0.5, 0.6) is 0 Å². The molecule has 1 fully saturated rings. The van der Waals surface area contributed by atoms with Gasteiger partial charge in [-0.15, -0.1) is 24.0 Å². The summed E-state index contributed by atoms with van der Waals surface area (Å²) in [5, 5.41) is 6.59. The number of nitrogens with zero attached hydrogens (tertiary/aromatic N) is 2. The lowest BCUT2D eigenvalue weighted by molar-refractivity contribution is 0.0168. The van der Waals surface area contributed by atoms with Crippen LogP contribution in [-0.2, 0) is 16.0 Å². The first-order valence-electron chi connectivity index (χ1n) is 10.5. The second kappa shape index (κ2) is 13.6. The molecule has 1 aromatic heterocycles. The van der Waals surface area contributed by atoms with Crippen LogP contribution in [0.3, 0.4) is 0 Å². The molecule has 1 atom stereocenters. The molecule has 0 aliphatic carbocycles. The van der Waals surface area contributed by atoms with Crippen LogP contribution in [0.2, 0.25) is 0 Å². The van der Waals surface area contributed by atoms with Gasteiger partial charge in [0.2, 0.25) is 5.89 Å². The highest BCUT2D eigenvalue weighted by atomic mass is 127. The molecular formula is C22H33IN4O3. The molecule has 0 spiro atoms. The van der Waals surface area contributed by atoms with E-state index in [1.165, 1.54) is 5.56 Å². The maximum Gasteiger partial charge on any atom is 0.226 e. The fourth-order valence-electron chi connectivity index (χ4n) is 3.08. The summed E-state index contributed by atoms with van der Waals surface area (Å²) >= 11 is 0. The van der Waals surface area contributed by atoms with Gasteiger partial charge in [-0.25, -0.2) is 9.98 Å². The van der Waals surface area contributed by atoms with Crippen LogP contribution >= 0.6 is 24.0 Å². The molecule has 7 nitrogen and oxygen atoms in total. The van der Waals surface area contributed by atoms with Gasteiger partial charge in [0, 0.05) is 31.9 Å². The number of halogens is 1. The first-order chi connectivity index (χ1) is 14.2. The highest BCUT2D eigenvalue weighted by molar-refractivity contribution is 14.0. The lowest BCUT2D eigenvalue weighted by atomic mass is 10.1. The number of hydrogen-bond donors (Lipinski definition) is 2. The van der Waals surface area contributed by atoms with Crippen molar-refractivity contribution in [2.75, 3.05) is 32.9 Å². The molecule has 3 rings (SSSR count). The molecule has 166 valence electrons. The Labute approximate surface area is 196 Å². The van der Waals surface area contributed by atoms with E-state index < -0.39 is 0 Å². The zero-order valence-corrected chi connectivity index (χ0v) is 20.2. The van der Waals surface area contributed by atoms with Crippen molar-refractivity contribution in [1.82, 2.24) is 15.6 Å². The lowest BCUT2D eigenvalue weighted by Crippen LogP contribution is -2.38. The molecule has 0 bridgehead atoms. The molecule has 0 saturated carbocycles. The van der Waals surface area contributed by atoms with E-state index in [-0.39, 0.29) is 30.1 Å². The highest BCUT2D eigenvalue weighted by Gasteiger charge is 2.14. The van der Waals surface area contributed by atoms with Gasteiger partial charge in [-0.1, -0.05) is 17.7 Å². The maximum absolute atomic E-state index is 5.69. The first kappa shape index (κ1) is 24.6. The van der Waals surface area contributed by atoms with E-state index in [0.717, 1.165) is 62.8 Å². The predicted molar refractivity (Wildman–Crippen MR) is 129 cm³/mol. The first-order valence-corrected chi connectivity index (χ1v) is 10.5. The molecule has 1 aromatic carbocycles. The Morgan fingerprint density at radius 3 is 2.83 bits per heavy atom. The summed E-state index contributed by atoms with van der Waals surface area (Å²) in [5.74, 6) is 1.39. The van der Waals surface area contributed by atoms with E-state index in [1.807, 2.05) is 19.1 Å². The molecule has 1 aliphatic rings. The largest absolute Gasteiger partial charge is 0.444 e. The monoisotopic (exact) mass is 528 g/mol. The smallest absolute Gasteiger partial charge is 0.226 e. The van der Waals surface area contributed by atoms with Crippen molar-refractivity contribution in [2.45, 2.75) is 45.8 Å². The average Bonchev–Trinajstić information content (AvgIpc) is 3.41. The minimum absolute atomic E-state index is 0. The van der Waals surface area contributed by atoms with Crippen LogP contribution in [0.4, 0.5) is 0 Å². The minimum Gasteiger partial charge on any atom is -0.444 e. The molecule has 30 heavy (non-hydrogen) atoms. The topological polar surface area (TPSA) is 80.9 Å². The summed E-state index contributed by atoms with van der Waals surface area (Å²) in [7, 11) is 0. The maximum atomic E-state index is 5.69. The molecular weight excluding hydrogens is 495 g/mol. The average molecular weight is 528 g/mol. The van der Waals surface area contributed by atoms with Gasteiger partial charge in [0.25, 0.3) is 0 Å². The number of hydrogen-bond acceptors (Lipinski definition) is 5. The Bertz CT molecular complexity index is 758. The lowest BCUT2D eigenvalue weighted by Gasteiger charge is -2.12. The fourth-order valence-corrected chi connectivity index (χ4v) is 3.08. The Balaban J connectivity index is 0.00000320. The molecule has 1 aliphatic heterocycles. The molecule has 8 heteroatoms. The van der Waals surface area contributed by atoms with Gasteiger partial charge in [0.1, 0.15) is 12.0 Å². The molecule has 2 aromatic rings. The van der Waals surface area contributed by atoms with E-state index >= 15 is 0 Å². The SMILES string of the molecule is CCNC(=NCc1coc(-c2ccc(C)cc2)n1)NCCCOCC1CCCO1.I. The van der Waals surface area contributed by atoms with Gasteiger partial charge < -0.3 is 24.5 Å². The van der Waals surface area contributed by atoms with Crippen LogP contribution in [0.15, 0.2) is 39.9 Å². The summed E-state index contributed by atoms with van der Waals surface area (Å²) in [5.41, 5.74) is 2.99. The summed E-state index contributed by atoms with van der Waals surface area (Å²) in [6, 6.07) is 8.13. The number of ether oxygens (including phenoxy) is 2. The van der Waals surface area contributed by atoms with E-state index in [1.54, 1.807) is 6.26 Å². The van der Waals surface area contributed by atoms with Gasteiger partial charge in [-0.3, -0.25) is 0 Å². The second-order valence-corrected chi connectivity index (χ2v) is 7.20. The number of aryl methyl sites for hydroxylation is 1. The third-order valence-corrected chi connectivity index (χ3v) is 4.68. The summed E-state index contributed by atoms with van der Waals surface area (Å²) in [4.78, 5) is 9.14. The highest BCUT2D eigenvalue weighted by Crippen LogP contribution is 2.19. The number of aromatic nitrogens is 1. The molecule has 2 N–H and O–H groups in total. The summed E-state index contributed by atoms with van der Waals surface area (Å²) in [6.07, 6.45) is 5.13. The molecule has 1 saturated heterocycles. The number of nitrogens with one attached hydrogen (secondary N) is 2. The van der Waals surface area contributed by atoms with Gasteiger partial charge >= 0.3 is 0 Å². The fraction of sp³-hybridized carbons (Fsp3) is 0.545. The van der Waals surface area contributed by atoms with Crippen molar-refractivity contribution in [3.8, 4) is 11.5 Å². The van der Waals surface area contributed by atoms with Gasteiger partial charge in [-0.2, -0.15) is 0 Å². The van der Waals surface area contributed by atoms with Gasteiger partial charge in [-0.05, 0) is 45.2 Å². The standard InChI is InChI=1S/C22H32N4O3.HI/c1-3-23-22(24-11-5-12-27-16-20-6-4-13-28-20)25-14-19-15-29-21(26-19)18-9-7-17(2)8-10-18;/h7-10,15,20H,3-6,11-14,16H2,1-2H3,(H2,23,24,25);1H. The third-order valence-electron chi connectivity index (χ3n) is 4.68. The number of guanidine groups is 1. The predicted octanol–water partition coefficient (Wildman–Crippen LogP) is 3.91. The Morgan fingerprint density at radius 1 is 1.27 bits per heavy atom. The number of rotatable bonds is 10. The van der Waals surface area contributed by atoms with E-state index in [9.17, 15) is 0 Å². The molecule has 0 radical (unpaired) electrons.